The fourth-order valence-corrected chi connectivity index (χ4v) is 1.83. The van der Waals surface area contributed by atoms with Gasteiger partial charge in [0.25, 0.3) is 0 Å². The number of nitrogens with zero attached hydrogens (tertiary/aromatic N) is 1. The van der Waals surface area contributed by atoms with Gasteiger partial charge in [0, 0.05) is 11.8 Å². The van der Waals surface area contributed by atoms with Crippen molar-refractivity contribution in [3.63, 3.8) is 0 Å². The molecule has 0 saturated heterocycles. The molecule has 100 valence electrons. The molecule has 0 amide bonds. The van der Waals surface area contributed by atoms with Gasteiger partial charge in [-0.2, -0.15) is 0 Å². The van der Waals surface area contributed by atoms with E-state index in [1.54, 1.807) is 25.3 Å². The van der Waals surface area contributed by atoms with Crippen LogP contribution >= 0.6 is 0 Å². The number of carbonyl (C=O) groups is 1. The van der Waals surface area contributed by atoms with E-state index in [4.69, 9.17) is 0 Å². The number of hydrogen-bond donors (Lipinski definition) is 0. The normalized spacial score (nSPS) is 11.3. The van der Waals surface area contributed by atoms with Crippen LogP contribution in [0.2, 0.25) is 0 Å². The van der Waals surface area contributed by atoms with Crippen molar-refractivity contribution in [3.05, 3.63) is 71.3 Å². The van der Waals surface area contributed by atoms with Crippen molar-refractivity contribution in [1.82, 2.24) is 0 Å². The molecule has 0 atom stereocenters. The Morgan fingerprint density at radius 2 is 1.75 bits per heavy atom. The van der Waals surface area contributed by atoms with E-state index >= 15 is 0 Å². The summed E-state index contributed by atoms with van der Waals surface area (Å²) < 4.78 is 0. The smallest absolute Gasteiger partial charge is 0.159 e. The van der Waals surface area contributed by atoms with Crippen LogP contribution in [0, 0.1) is 6.92 Å². The summed E-state index contributed by atoms with van der Waals surface area (Å²) in [5.74, 6) is 0.0694. The molecule has 20 heavy (non-hydrogen) atoms. The number of carbonyl (C=O) groups excluding carboxylic acids is 1. The zero-order valence-corrected chi connectivity index (χ0v) is 11.7. The lowest BCUT2D eigenvalue weighted by atomic mass is 10.1. The quantitative estimate of drug-likeness (QED) is 0.585. The SMILES string of the molecule is CC(=O)c1ccc(N=C/C=C/c2ccccc2C)cc1. The molecule has 0 bridgehead atoms. The fourth-order valence-electron chi connectivity index (χ4n) is 1.83. The van der Waals surface area contributed by atoms with Crippen molar-refractivity contribution in [2.24, 2.45) is 4.99 Å². The van der Waals surface area contributed by atoms with Gasteiger partial charge in [-0.05, 0) is 55.3 Å². The molecule has 0 fully saturated rings. The maximum atomic E-state index is 11.2. The largest absolute Gasteiger partial charge is 0.295 e. The number of aryl methyl sites for hydroxylation is 1. The first kappa shape index (κ1) is 13.9. The number of hydrogen-bond acceptors (Lipinski definition) is 2. The van der Waals surface area contributed by atoms with E-state index < -0.39 is 0 Å². The first-order valence-electron chi connectivity index (χ1n) is 6.54. The summed E-state index contributed by atoms with van der Waals surface area (Å²) in [4.78, 5) is 15.5. The highest BCUT2D eigenvalue weighted by Gasteiger charge is 1.97. The Morgan fingerprint density at radius 1 is 1.05 bits per heavy atom. The van der Waals surface area contributed by atoms with Gasteiger partial charge in [-0.25, -0.2) is 0 Å². The summed E-state index contributed by atoms with van der Waals surface area (Å²) in [6.45, 7) is 3.64. The van der Waals surface area contributed by atoms with Gasteiger partial charge in [0.15, 0.2) is 5.78 Å². The van der Waals surface area contributed by atoms with Gasteiger partial charge < -0.3 is 0 Å². The molecule has 0 saturated carbocycles. The maximum Gasteiger partial charge on any atom is 0.159 e. The molecular weight excluding hydrogens is 246 g/mol. The molecule has 0 N–H and O–H groups in total. The van der Waals surface area contributed by atoms with E-state index in [1.165, 1.54) is 11.1 Å². The average Bonchev–Trinajstić information content (AvgIpc) is 2.46. The minimum Gasteiger partial charge on any atom is -0.295 e. The number of Topliss-reactive ketones (excluding diaryl/α,β-unsaturated/α-hetero) is 1. The Morgan fingerprint density at radius 3 is 2.40 bits per heavy atom. The van der Waals surface area contributed by atoms with E-state index in [-0.39, 0.29) is 5.78 Å². The summed E-state index contributed by atoms with van der Waals surface area (Å²) in [6, 6.07) is 15.5. The lowest BCUT2D eigenvalue weighted by Crippen LogP contribution is -1.89. The van der Waals surface area contributed by atoms with E-state index in [1.807, 2.05) is 36.4 Å². The molecule has 0 spiro atoms. The number of benzene rings is 2. The Labute approximate surface area is 119 Å². The standard InChI is InChI=1S/C18H17NO/c1-14-6-3-4-7-16(14)8-5-13-19-18-11-9-17(10-12-18)15(2)20/h3-13H,1-2H3/b8-5+,19-13?. The molecule has 0 aliphatic heterocycles. The predicted octanol–water partition coefficient (Wildman–Crippen LogP) is 4.61. The van der Waals surface area contributed by atoms with Crippen LogP contribution in [0.3, 0.4) is 0 Å². The van der Waals surface area contributed by atoms with Gasteiger partial charge in [-0.1, -0.05) is 30.3 Å². The van der Waals surface area contributed by atoms with Gasteiger partial charge in [0.2, 0.25) is 0 Å². The molecule has 0 aromatic heterocycles. The molecule has 0 unspecified atom stereocenters. The average molecular weight is 263 g/mol. The summed E-state index contributed by atoms with van der Waals surface area (Å²) in [6.07, 6.45) is 5.71. The molecular formula is C18H17NO. The number of rotatable bonds is 4. The van der Waals surface area contributed by atoms with Crippen LogP contribution in [-0.2, 0) is 0 Å². The predicted molar refractivity (Wildman–Crippen MR) is 84.8 cm³/mol. The maximum absolute atomic E-state index is 11.2. The van der Waals surface area contributed by atoms with E-state index in [0.29, 0.717) is 5.56 Å². The van der Waals surface area contributed by atoms with E-state index in [2.05, 4.69) is 24.0 Å². The van der Waals surface area contributed by atoms with Crippen LogP contribution in [0.25, 0.3) is 6.08 Å². The second-order valence-corrected chi connectivity index (χ2v) is 4.60. The monoisotopic (exact) mass is 263 g/mol. The van der Waals surface area contributed by atoms with Crippen molar-refractivity contribution in [1.29, 1.82) is 0 Å². The molecule has 0 radical (unpaired) electrons. The van der Waals surface area contributed by atoms with Crippen molar-refractivity contribution in [3.8, 4) is 0 Å². The van der Waals surface area contributed by atoms with Crippen molar-refractivity contribution in [2.45, 2.75) is 13.8 Å². The second kappa shape index (κ2) is 6.62. The number of aliphatic imine (C=N–C) groups is 1. The molecule has 0 aliphatic carbocycles. The van der Waals surface area contributed by atoms with Gasteiger partial charge in [-0.3, -0.25) is 9.79 Å². The van der Waals surface area contributed by atoms with Crippen LogP contribution in [-0.4, -0.2) is 12.0 Å². The molecule has 2 aromatic rings. The third-order valence-corrected chi connectivity index (χ3v) is 3.05. The molecule has 2 rings (SSSR count). The second-order valence-electron chi connectivity index (χ2n) is 4.60. The summed E-state index contributed by atoms with van der Waals surface area (Å²) in [7, 11) is 0. The van der Waals surface area contributed by atoms with E-state index in [0.717, 1.165) is 5.69 Å². The number of allylic oxidation sites excluding steroid dienone is 1. The minimum absolute atomic E-state index is 0.0694. The van der Waals surface area contributed by atoms with E-state index in [9.17, 15) is 4.79 Å². The lowest BCUT2D eigenvalue weighted by Gasteiger charge is -1.97. The third kappa shape index (κ3) is 3.75. The molecule has 2 heteroatoms. The summed E-state index contributed by atoms with van der Waals surface area (Å²) >= 11 is 0. The first-order valence-corrected chi connectivity index (χ1v) is 6.54. The Kier molecular flexibility index (Phi) is 4.61. The van der Waals surface area contributed by atoms with Gasteiger partial charge in [0.05, 0.1) is 5.69 Å². The third-order valence-electron chi connectivity index (χ3n) is 3.05. The van der Waals surface area contributed by atoms with Crippen molar-refractivity contribution in [2.75, 3.05) is 0 Å². The fraction of sp³-hybridized carbons (Fsp3) is 0.111. The van der Waals surface area contributed by atoms with Crippen LogP contribution in [0.4, 0.5) is 5.69 Å². The zero-order chi connectivity index (χ0) is 14.4. The van der Waals surface area contributed by atoms with Crippen LogP contribution in [0.5, 0.6) is 0 Å². The topological polar surface area (TPSA) is 29.4 Å². The first-order chi connectivity index (χ1) is 9.66. The summed E-state index contributed by atoms with van der Waals surface area (Å²) in [5, 5.41) is 0. The van der Waals surface area contributed by atoms with Crippen molar-refractivity contribution >= 4 is 23.8 Å². The minimum atomic E-state index is 0.0694. The summed E-state index contributed by atoms with van der Waals surface area (Å²) in [5.41, 5.74) is 3.97. The Hall–Kier alpha value is -2.48. The highest BCUT2D eigenvalue weighted by atomic mass is 16.1. The van der Waals surface area contributed by atoms with Gasteiger partial charge >= 0.3 is 0 Å². The molecule has 0 heterocycles. The zero-order valence-electron chi connectivity index (χ0n) is 11.7. The molecule has 0 aliphatic rings. The van der Waals surface area contributed by atoms with Crippen molar-refractivity contribution < 1.29 is 4.79 Å². The van der Waals surface area contributed by atoms with Crippen LogP contribution < -0.4 is 0 Å². The Bertz CT molecular complexity index is 651. The van der Waals surface area contributed by atoms with Crippen LogP contribution in [0.15, 0.2) is 59.6 Å². The highest BCUT2D eigenvalue weighted by molar-refractivity contribution is 5.94. The number of ketones is 1. The lowest BCUT2D eigenvalue weighted by molar-refractivity contribution is 0.101. The molecule has 2 aromatic carbocycles. The van der Waals surface area contributed by atoms with Crippen LogP contribution in [0.1, 0.15) is 28.4 Å². The Balaban J connectivity index is 2.03. The molecule has 2 nitrogen and oxygen atoms in total. The highest BCUT2D eigenvalue weighted by Crippen LogP contribution is 2.13. The van der Waals surface area contributed by atoms with Gasteiger partial charge in [0.1, 0.15) is 0 Å². The van der Waals surface area contributed by atoms with Gasteiger partial charge in [-0.15, -0.1) is 0 Å².